The maximum atomic E-state index is 12.5. The lowest BCUT2D eigenvalue weighted by atomic mass is 10.1. The quantitative estimate of drug-likeness (QED) is 0.413. The van der Waals surface area contributed by atoms with Gasteiger partial charge in [-0.25, -0.2) is 4.79 Å². The fraction of sp³-hybridized carbons (Fsp3) is 0.333. The second-order valence-corrected chi connectivity index (χ2v) is 7.73. The van der Waals surface area contributed by atoms with E-state index in [1.807, 2.05) is 32.1 Å². The molecular formula is C24H26N4O3. The van der Waals surface area contributed by atoms with Gasteiger partial charge in [0.2, 0.25) is 0 Å². The Hall–Kier alpha value is -3.84. The van der Waals surface area contributed by atoms with Gasteiger partial charge in [-0.05, 0) is 68.7 Å². The molecule has 0 aliphatic heterocycles. The van der Waals surface area contributed by atoms with Gasteiger partial charge in [0.05, 0.1) is 11.6 Å². The van der Waals surface area contributed by atoms with Gasteiger partial charge in [-0.3, -0.25) is 4.79 Å². The summed E-state index contributed by atoms with van der Waals surface area (Å²) in [4.78, 5) is 24.8. The first-order chi connectivity index (χ1) is 14.7. The molecule has 0 aliphatic carbocycles. The Bertz CT molecular complexity index is 1080. The van der Waals surface area contributed by atoms with Crippen molar-refractivity contribution in [3.8, 4) is 12.1 Å². The van der Waals surface area contributed by atoms with E-state index in [1.165, 1.54) is 13.0 Å². The molecule has 2 rings (SSSR count). The molecule has 1 N–H and O–H groups in total. The lowest BCUT2D eigenvalue weighted by Gasteiger charge is -2.13. The number of hydrogen-bond donors (Lipinski definition) is 1. The Labute approximate surface area is 182 Å². The third kappa shape index (κ3) is 6.07. The number of aromatic nitrogens is 1. The molecule has 0 spiro atoms. The fourth-order valence-corrected chi connectivity index (χ4v) is 3.06. The summed E-state index contributed by atoms with van der Waals surface area (Å²) < 4.78 is 7.34. The molecule has 0 saturated carbocycles. The summed E-state index contributed by atoms with van der Waals surface area (Å²) >= 11 is 0. The second-order valence-electron chi connectivity index (χ2n) is 7.73. The lowest BCUT2D eigenvalue weighted by molar-refractivity contribution is -0.148. The van der Waals surface area contributed by atoms with Crippen molar-refractivity contribution in [3.63, 3.8) is 0 Å². The van der Waals surface area contributed by atoms with E-state index >= 15 is 0 Å². The summed E-state index contributed by atoms with van der Waals surface area (Å²) in [6, 6.07) is 12.1. The summed E-state index contributed by atoms with van der Waals surface area (Å²) in [5.41, 5.74) is 3.52. The molecule has 0 radical (unpaired) electrons. The Kier molecular flexibility index (Phi) is 7.76. The molecule has 0 fully saturated rings. The largest absolute Gasteiger partial charge is 0.448 e. The van der Waals surface area contributed by atoms with Crippen molar-refractivity contribution < 1.29 is 14.3 Å². The monoisotopic (exact) mass is 418 g/mol. The molecule has 1 aromatic carbocycles. The molecule has 0 bridgehead atoms. The molecule has 2 aromatic rings. The highest BCUT2D eigenvalue weighted by molar-refractivity contribution is 6.01. The van der Waals surface area contributed by atoms with Crippen LogP contribution in [0, 0.1) is 42.4 Å². The average molecular weight is 418 g/mol. The zero-order valence-corrected chi connectivity index (χ0v) is 18.4. The molecule has 1 heterocycles. The third-order valence-electron chi connectivity index (χ3n) is 4.74. The maximum Gasteiger partial charge on any atom is 0.349 e. The van der Waals surface area contributed by atoms with Crippen molar-refractivity contribution in [3.05, 3.63) is 58.4 Å². The van der Waals surface area contributed by atoms with Crippen molar-refractivity contribution in [2.24, 2.45) is 5.92 Å². The van der Waals surface area contributed by atoms with Gasteiger partial charge in [0, 0.05) is 23.6 Å². The number of amides is 1. The van der Waals surface area contributed by atoms with E-state index in [1.54, 1.807) is 24.3 Å². The van der Waals surface area contributed by atoms with Crippen LogP contribution in [0.1, 0.15) is 43.3 Å². The van der Waals surface area contributed by atoms with Gasteiger partial charge in [0.25, 0.3) is 5.91 Å². The number of benzene rings is 1. The van der Waals surface area contributed by atoms with Crippen LogP contribution in [0.3, 0.4) is 0 Å². The van der Waals surface area contributed by atoms with Gasteiger partial charge in [-0.2, -0.15) is 10.5 Å². The van der Waals surface area contributed by atoms with Gasteiger partial charge in [-0.1, -0.05) is 13.8 Å². The zero-order valence-electron chi connectivity index (χ0n) is 18.4. The Morgan fingerprint density at radius 2 is 1.81 bits per heavy atom. The summed E-state index contributed by atoms with van der Waals surface area (Å²) in [6.07, 6.45) is 0.389. The molecule has 7 nitrogen and oxygen atoms in total. The highest BCUT2D eigenvalue weighted by Crippen LogP contribution is 2.20. The van der Waals surface area contributed by atoms with Gasteiger partial charge in [-0.15, -0.1) is 0 Å². The van der Waals surface area contributed by atoms with Gasteiger partial charge >= 0.3 is 5.97 Å². The molecule has 0 unspecified atom stereocenters. The topological polar surface area (TPSA) is 108 Å². The number of hydrogen-bond acceptors (Lipinski definition) is 5. The van der Waals surface area contributed by atoms with Crippen LogP contribution in [-0.4, -0.2) is 22.5 Å². The number of nitrogens with one attached hydrogen (secondary N) is 1. The number of carbonyl (C=O) groups excluding carboxylic acids is 2. The maximum absolute atomic E-state index is 12.5. The lowest BCUT2D eigenvalue weighted by Crippen LogP contribution is -2.30. The molecule has 1 atom stereocenters. The summed E-state index contributed by atoms with van der Waals surface area (Å²) in [7, 11) is 0. The van der Waals surface area contributed by atoms with Crippen LogP contribution in [0.5, 0.6) is 0 Å². The van der Waals surface area contributed by atoms with Crippen LogP contribution >= 0.6 is 0 Å². The van der Waals surface area contributed by atoms with Crippen molar-refractivity contribution in [1.82, 2.24) is 4.57 Å². The molecule has 1 aromatic heterocycles. The van der Waals surface area contributed by atoms with E-state index in [-0.39, 0.29) is 5.57 Å². The number of ether oxygens (including phenoxy) is 1. The smallest absolute Gasteiger partial charge is 0.349 e. The van der Waals surface area contributed by atoms with Crippen LogP contribution in [0.4, 0.5) is 5.69 Å². The normalized spacial score (nSPS) is 12.1. The highest BCUT2D eigenvalue weighted by Gasteiger charge is 2.21. The number of esters is 1. The van der Waals surface area contributed by atoms with Crippen LogP contribution in [0.15, 0.2) is 35.9 Å². The number of aryl methyl sites for hydroxylation is 1. The van der Waals surface area contributed by atoms with Crippen LogP contribution in [-0.2, 0) is 20.9 Å². The predicted octanol–water partition coefficient (Wildman–Crippen LogP) is 4.11. The van der Waals surface area contributed by atoms with Crippen LogP contribution in [0.25, 0.3) is 6.08 Å². The van der Waals surface area contributed by atoms with Crippen molar-refractivity contribution in [1.29, 1.82) is 10.5 Å². The first kappa shape index (κ1) is 23.4. The van der Waals surface area contributed by atoms with E-state index in [2.05, 4.69) is 23.7 Å². The summed E-state index contributed by atoms with van der Waals surface area (Å²) in [5.74, 6) is -0.943. The third-order valence-corrected chi connectivity index (χ3v) is 4.74. The van der Waals surface area contributed by atoms with Gasteiger partial charge in [0.15, 0.2) is 6.10 Å². The molecule has 0 saturated heterocycles. The minimum Gasteiger partial charge on any atom is -0.448 e. The first-order valence-corrected chi connectivity index (χ1v) is 9.96. The number of nitriles is 2. The predicted molar refractivity (Wildman–Crippen MR) is 118 cm³/mol. The van der Waals surface area contributed by atoms with Gasteiger partial charge in [0.1, 0.15) is 11.6 Å². The van der Waals surface area contributed by atoms with E-state index in [0.717, 1.165) is 23.5 Å². The van der Waals surface area contributed by atoms with Crippen molar-refractivity contribution >= 4 is 23.6 Å². The number of carbonyl (C=O) groups is 2. The zero-order chi connectivity index (χ0) is 23.1. The SMILES string of the molecule is Cc1cc(/C=C(\C#N)C(=O)O[C@H](C)C(=O)Nc2ccc(C#N)cc2)c(C)n1CC(C)C. The van der Waals surface area contributed by atoms with Gasteiger partial charge < -0.3 is 14.6 Å². The van der Waals surface area contributed by atoms with E-state index in [9.17, 15) is 14.9 Å². The van der Waals surface area contributed by atoms with Crippen LogP contribution in [0.2, 0.25) is 0 Å². The van der Waals surface area contributed by atoms with E-state index < -0.39 is 18.0 Å². The minimum absolute atomic E-state index is 0.178. The minimum atomic E-state index is -1.10. The van der Waals surface area contributed by atoms with Crippen molar-refractivity contribution in [2.45, 2.75) is 47.3 Å². The first-order valence-electron chi connectivity index (χ1n) is 9.96. The Morgan fingerprint density at radius 1 is 1.16 bits per heavy atom. The molecule has 1 amide bonds. The van der Waals surface area contributed by atoms with Crippen molar-refractivity contribution in [2.75, 3.05) is 5.32 Å². The fourth-order valence-electron chi connectivity index (χ4n) is 3.06. The number of anilines is 1. The molecular weight excluding hydrogens is 392 g/mol. The number of rotatable bonds is 7. The molecule has 7 heteroatoms. The summed E-state index contributed by atoms with van der Waals surface area (Å²) in [5, 5.41) is 20.9. The summed E-state index contributed by atoms with van der Waals surface area (Å²) in [6.45, 7) is 10.4. The molecule has 0 aliphatic rings. The highest BCUT2D eigenvalue weighted by atomic mass is 16.5. The number of nitrogens with zero attached hydrogens (tertiary/aromatic N) is 3. The average Bonchev–Trinajstić information content (AvgIpc) is 2.99. The van der Waals surface area contributed by atoms with Crippen LogP contribution < -0.4 is 5.32 Å². The second kappa shape index (κ2) is 10.3. The molecule has 31 heavy (non-hydrogen) atoms. The Balaban J connectivity index is 2.11. The van der Waals surface area contributed by atoms with E-state index in [4.69, 9.17) is 10.00 Å². The Morgan fingerprint density at radius 3 is 2.35 bits per heavy atom. The standard InChI is InChI=1S/C24H26N4O3/c1-15(2)14-28-16(3)10-20(17(28)4)11-21(13-26)24(30)31-18(5)23(29)27-22-8-6-19(12-25)7-9-22/h6-11,15,18H,14H2,1-5H3,(H,27,29)/b21-11+/t18-/m1/s1. The molecule has 160 valence electrons. The van der Waals surface area contributed by atoms with E-state index in [0.29, 0.717) is 17.2 Å².